The molecule has 2 saturated heterocycles. The summed E-state index contributed by atoms with van der Waals surface area (Å²) in [6.07, 6.45) is 2.29. The summed E-state index contributed by atoms with van der Waals surface area (Å²) in [6, 6.07) is 10.6. The number of amides is 1. The summed E-state index contributed by atoms with van der Waals surface area (Å²) in [7, 11) is 0. The lowest BCUT2D eigenvalue weighted by Gasteiger charge is -2.31. The molecule has 5 heteroatoms. The van der Waals surface area contributed by atoms with Crippen molar-refractivity contribution in [2.24, 2.45) is 17.6 Å². The second-order valence-electron chi connectivity index (χ2n) is 7.27. The van der Waals surface area contributed by atoms with Crippen molar-refractivity contribution in [1.29, 1.82) is 0 Å². The molecule has 2 atom stereocenters. The summed E-state index contributed by atoms with van der Waals surface area (Å²) < 4.78 is 0. The number of nitrogens with zero attached hydrogens (tertiary/aromatic N) is 2. The molecule has 0 saturated carbocycles. The fraction of sp³-hybridized carbons (Fsp3) is 0.632. The number of piperidine rings is 1. The van der Waals surface area contributed by atoms with Crippen LogP contribution < -0.4 is 5.73 Å². The van der Waals surface area contributed by atoms with Crippen molar-refractivity contribution in [3.8, 4) is 0 Å². The molecule has 0 aliphatic carbocycles. The highest BCUT2D eigenvalue weighted by Crippen LogP contribution is 2.32. The van der Waals surface area contributed by atoms with Crippen molar-refractivity contribution in [3.63, 3.8) is 0 Å². The van der Waals surface area contributed by atoms with Gasteiger partial charge in [0, 0.05) is 32.1 Å². The molecule has 2 N–H and O–H groups in total. The first-order valence-electron chi connectivity index (χ1n) is 8.92. The zero-order valence-corrected chi connectivity index (χ0v) is 15.4. The van der Waals surface area contributed by atoms with Gasteiger partial charge in [-0.2, -0.15) is 0 Å². The van der Waals surface area contributed by atoms with Crippen LogP contribution in [0.4, 0.5) is 0 Å². The molecule has 2 fully saturated rings. The van der Waals surface area contributed by atoms with Gasteiger partial charge in [-0.3, -0.25) is 9.69 Å². The van der Waals surface area contributed by atoms with Gasteiger partial charge in [0.25, 0.3) is 0 Å². The van der Waals surface area contributed by atoms with Gasteiger partial charge in [-0.15, -0.1) is 12.4 Å². The van der Waals surface area contributed by atoms with Crippen molar-refractivity contribution in [3.05, 3.63) is 35.9 Å². The van der Waals surface area contributed by atoms with Gasteiger partial charge in [0.1, 0.15) is 0 Å². The maximum Gasteiger partial charge on any atom is 0.236 e. The number of benzene rings is 1. The summed E-state index contributed by atoms with van der Waals surface area (Å²) in [5, 5.41) is 0. The van der Waals surface area contributed by atoms with Gasteiger partial charge >= 0.3 is 0 Å². The van der Waals surface area contributed by atoms with Crippen LogP contribution in [-0.4, -0.2) is 55.0 Å². The third kappa shape index (κ3) is 4.50. The zero-order valence-electron chi connectivity index (χ0n) is 14.6. The third-order valence-corrected chi connectivity index (χ3v) is 5.54. The highest BCUT2D eigenvalue weighted by molar-refractivity contribution is 5.85. The van der Waals surface area contributed by atoms with Crippen LogP contribution in [0.25, 0.3) is 0 Å². The average molecular weight is 352 g/mol. The monoisotopic (exact) mass is 351 g/mol. The summed E-state index contributed by atoms with van der Waals surface area (Å²) in [6.45, 7) is 7.25. The number of nitrogens with two attached hydrogens (primary N) is 1. The molecule has 2 heterocycles. The van der Waals surface area contributed by atoms with Crippen LogP contribution in [0.5, 0.6) is 0 Å². The number of hydrogen-bond acceptors (Lipinski definition) is 3. The molecule has 0 bridgehead atoms. The normalized spacial score (nSPS) is 25.5. The first kappa shape index (κ1) is 19.2. The molecular formula is C19H30ClN3O. The molecule has 134 valence electrons. The van der Waals surface area contributed by atoms with E-state index in [0.717, 1.165) is 44.9 Å². The van der Waals surface area contributed by atoms with Gasteiger partial charge in [0.05, 0.1) is 6.54 Å². The molecule has 1 aromatic rings. The lowest BCUT2D eigenvalue weighted by molar-refractivity contribution is -0.133. The Kier molecular flexibility index (Phi) is 7.08. The third-order valence-electron chi connectivity index (χ3n) is 5.54. The molecule has 2 aliphatic heterocycles. The summed E-state index contributed by atoms with van der Waals surface area (Å²) in [5.74, 6) is 1.96. The minimum absolute atomic E-state index is 0. The molecule has 4 nitrogen and oxygen atoms in total. The Balaban J connectivity index is 0.00000208. The van der Waals surface area contributed by atoms with E-state index in [1.807, 2.05) is 4.90 Å². The van der Waals surface area contributed by atoms with Crippen molar-refractivity contribution < 1.29 is 4.79 Å². The molecule has 0 unspecified atom stereocenters. The van der Waals surface area contributed by atoms with Crippen LogP contribution in [0.1, 0.15) is 31.2 Å². The second-order valence-corrected chi connectivity index (χ2v) is 7.27. The molecule has 1 amide bonds. The van der Waals surface area contributed by atoms with Crippen LogP contribution in [0.3, 0.4) is 0 Å². The van der Waals surface area contributed by atoms with Gasteiger partial charge < -0.3 is 10.6 Å². The van der Waals surface area contributed by atoms with E-state index in [0.29, 0.717) is 30.8 Å². The van der Waals surface area contributed by atoms with Gasteiger partial charge in [0.2, 0.25) is 5.91 Å². The predicted molar refractivity (Wildman–Crippen MR) is 100 cm³/mol. The lowest BCUT2D eigenvalue weighted by Crippen LogP contribution is -2.43. The van der Waals surface area contributed by atoms with Crippen molar-refractivity contribution >= 4 is 18.3 Å². The van der Waals surface area contributed by atoms with E-state index in [4.69, 9.17) is 5.73 Å². The van der Waals surface area contributed by atoms with Crippen molar-refractivity contribution in [2.45, 2.75) is 25.7 Å². The fourth-order valence-electron chi connectivity index (χ4n) is 3.96. The molecular weight excluding hydrogens is 322 g/mol. The van der Waals surface area contributed by atoms with Crippen LogP contribution in [-0.2, 0) is 4.79 Å². The standard InChI is InChI=1S/C19H29N3O.ClH/c1-15-7-9-22(10-8-15)19(23)14-21-12-17(11-20)18(13-21)16-5-3-2-4-6-16;/h2-6,15,17-18H,7-14,20H2,1H3;1H/t17-,18+;/m1./s1. The zero-order chi connectivity index (χ0) is 16.2. The van der Waals surface area contributed by atoms with E-state index < -0.39 is 0 Å². The Morgan fingerprint density at radius 3 is 2.46 bits per heavy atom. The minimum Gasteiger partial charge on any atom is -0.342 e. The Morgan fingerprint density at radius 1 is 1.17 bits per heavy atom. The van der Waals surface area contributed by atoms with Gasteiger partial charge in [0.15, 0.2) is 0 Å². The molecule has 0 spiro atoms. The Morgan fingerprint density at radius 2 is 1.83 bits per heavy atom. The number of halogens is 1. The molecule has 2 aliphatic rings. The molecule has 0 aromatic heterocycles. The maximum absolute atomic E-state index is 12.6. The SMILES string of the molecule is CC1CCN(C(=O)CN2C[C@@H](CN)[C@H](c3ccccc3)C2)CC1.Cl. The maximum atomic E-state index is 12.6. The highest BCUT2D eigenvalue weighted by atomic mass is 35.5. The van der Waals surface area contributed by atoms with E-state index in [2.05, 4.69) is 42.2 Å². The van der Waals surface area contributed by atoms with Gasteiger partial charge in [-0.05, 0) is 36.8 Å². The van der Waals surface area contributed by atoms with Gasteiger partial charge in [-0.1, -0.05) is 37.3 Å². The number of likely N-dealkylation sites (tertiary alicyclic amines) is 2. The van der Waals surface area contributed by atoms with E-state index in [1.54, 1.807) is 0 Å². The Labute approximate surface area is 151 Å². The second kappa shape index (κ2) is 8.84. The topological polar surface area (TPSA) is 49.6 Å². The van der Waals surface area contributed by atoms with E-state index >= 15 is 0 Å². The van der Waals surface area contributed by atoms with Crippen LogP contribution in [0, 0.1) is 11.8 Å². The van der Waals surface area contributed by atoms with Crippen LogP contribution in [0.2, 0.25) is 0 Å². The quantitative estimate of drug-likeness (QED) is 0.905. The van der Waals surface area contributed by atoms with Crippen molar-refractivity contribution in [1.82, 2.24) is 9.80 Å². The van der Waals surface area contributed by atoms with E-state index in [-0.39, 0.29) is 12.4 Å². The van der Waals surface area contributed by atoms with E-state index in [1.165, 1.54) is 5.56 Å². The first-order valence-corrected chi connectivity index (χ1v) is 8.92. The lowest BCUT2D eigenvalue weighted by atomic mass is 9.89. The highest BCUT2D eigenvalue weighted by Gasteiger charge is 2.34. The summed E-state index contributed by atoms with van der Waals surface area (Å²) >= 11 is 0. The van der Waals surface area contributed by atoms with E-state index in [9.17, 15) is 4.79 Å². The molecule has 1 aromatic carbocycles. The van der Waals surface area contributed by atoms with Crippen molar-refractivity contribution in [2.75, 3.05) is 39.3 Å². The number of hydrogen-bond donors (Lipinski definition) is 1. The largest absolute Gasteiger partial charge is 0.342 e. The number of rotatable bonds is 4. The Hall–Kier alpha value is -1.10. The predicted octanol–water partition coefficient (Wildman–Crippen LogP) is 2.34. The number of carbonyl (C=O) groups is 1. The smallest absolute Gasteiger partial charge is 0.236 e. The molecule has 0 radical (unpaired) electrons. The summed E-state index contributed by atoms with van der Waals surface area (Å²) in [5.41, 5.74) is 7.34. The Bertz CT molecular complexity index is 517. The fourth-order valence-corrected chi connectivity index (χ4v) is 3.96. The van der Waals surface area contributed by atoms with Gasteiger partial charge in [-0.25, -0.2) is 0 Å². The first-order chi connectivity index (χ1) is 11.2. The minimum atomic E-state index is 0. The molecule has 24 heavy (non-hydrogen) atoms. The average Bonchev–Trinajstić information content (AvgIpc) is 2.99. The van der Waals surface area contributed by atoms with Crippen LogP contribution >= 0.6 is 12.4 Å². The van der Waals surface area contributed by atoms with Crippen LogP contribution in [0.15, 0.2) is 30.3 Å². The summed E-state index contributed by atoms with van der Waals surface area (Å²) in [4.78, 5) is 16.9. The molecule has 3 rings (SSSR count). The number of carbonyl (C=O) groups excluding carboxylic acids is 1.